The zero-order valence-electron chi connectivity index (χ0n) is 24.9. The number of aliphatic hydroxyl groups is 1. The van der Waals surface area contributed by atoms with Crippen LogP contribution in [-0.4, -0.2) is 62.9 Å². The second kappa shape index (κ2) is 14.0. The summed E-state index contributed by atoms with van der Waals surface area (Å²) in [5, 5.41) is 18.8. The first-order chi connectivity index (χ1) is 19.3. The van der Waals surface area contributed by atoms with Crippen LogP contribution in [0.5, 0.6) is 0 Å². The molecule has 0 aliphatic heterocycles. The maximum absolute atomic E-state index is 9.54. The first-order valence-electron chi connectivity index (χ1n) is 15.6. The van der Waals surface area contributed by atoms with Crippen LogP contribution in [-0.2, 0) is 14.2 Å². The van der Waals surface area contributed by atoms with Crippen molar-refractivity contribution in [3.63, 3.8) is 0 Å². The van der Waals surface area contributed by atoms with Gasteiger partial charge in [0.15, 0.2) is 0 Å². The monoisotopic (exact) mass is 551 g/mol. The molecule has 1 N–H and O–H groups in total. The normalized spacial score (nSPS) is 38.3. The zero-order chi connectivity index (χ0) is 28.8. The molecular formula is C33H49N3O4. The minimum absolute atomic E-state index is 0.0171. The van der Waals surface area contributed by atoms with Gasteiger partial charge in [-0.05, 0) is 92.8 Å². The van der Waals surface area contributed by atoms with Crippen molar-refractivity contribution in [2.45, 2.75) is 103 Å². The molecule has 7 heteroatoms. The summed E-state index contributed by atoms with van der Waals surface area (Å²) in [6.07, 6.45) is 9.64. The van der Waals surface area contributed by atoms with Crippen molar-refractivity contribution in [2.75, 3.05) is 39.5 Å². The highest BCUT2D eigenvalue weighted by Crippen LogP contribution is 2.70. The molecule has 2 radical (unpaired) electrons. The standard InChI is InChI=1S/C33H49N3O4/c1-23(8-6-16-37)26-9-10-27-31-28(22-30(33(26,27)3)40-19-15-36-5)32(2)12-11-25(38-18-14-35-4)20-24(32)21-29(31)39-17-7-13-34/h23,25-30,37H,6-12,14-22H2,1-3H3. The molecule has 40 heavy (non-hydrogen) atoms. The lowest BCUT2D eigenvalue weighted by Crippen LogP contribution is -2.62. The van der Waals surface area contributed by atoms with E-state index in [-0.39, 0.29) is 35.7 Å². The summed E-state index contributed by atoms with van der Waals surface area (Å²) in [4.78, 5) is 7.04. The smallest absolute Gasteiger partial charge is 0.237 e. The molecule has 4 rings (SSSR count). The van der Waals surface area contributed by atoms with Gasteiger partial charge in [0.1, 0.15) is 13.2 Å². The molecular weight excluding hydrogens is 502 g/mol. The molecule has 9 unspecified atom stereocenters. The van der Waals surface area contributed by atoms with Crippen LogP contribution in [0.3, 0.4) is 0 Å². The van der Waals surface area contributed by atoms with Gasteiger partial charge in [-0.3, -0.25) is 0 Å². The molecule has 0 heterocycles. The highest BCUT2D eigenvalue weighted by Gasteiger charge is 2.67. The molecule has 4 aliphatic carbocycles. The lowest BCUT2D eigenvalue weighted by atomic mass is 9.43. The largest absolute Gasteiger partial charge is 0.396 e. The van der Waals surface area contributed by atoms with E-state index in [1.165, 1.54) is 5.92 Å². The van der Waals surface area contributed by atoms with Crippen LogP contribution in [0.15, 0.2) is 0 Å². The van der Waals surface area contributed by atoms with Gasteiger partial charge < -0.3 is 29.0 Å². The third-order valence-corrected chi connectivity index (χ3v) is 11.2. The van der Waals surface area contributed by atoms with Crippen LogP contribution in [0.4, 0.5) is 0 Å². The average Bonchev–Trinajstić information content (AvgIpc) is 3.31. The number of nitriles is 1. The second-order valence-electron chi connectivity index (χ2n) is 13.1. The molecule has 7 nitrogen and oxygen atoms in total. The molecule has 220 valence electrons. The van der Waals surface area contributed by atoms with Gasteiger partial charge in [-0.1, -0.05) is 20.8 Å². The molecule has 0 spiro atoms. The fourth-order valence-electron chi connectivity index (χ4n) is 9.28. The van der Waals surface area contributed by atoms with Crippen LogP contribution in [0, 0.1) is 70.8 Å². The Morgan fingerprint density at radius 3 is 2.48 bits per heavy atom. The van der Waals surface area contributed by atoms with Crippen LogP contribution < -0.4 is 0 Å². The van der Waals surface area contributed by atoms with Crippen LogP contribution >= 0.6 is 0 Å². The SMILES string of the molecule is [C-]#[N+]CCOC1CCC2(C)[C](C1)CC(OCCC#N)[C]1C2CC(OCC[N+]#[C-])C2(C)C1CCC2C(C)CCCO. The highest BCUT2D eigenvalue weighted by atomic mass is 16.5. The number of aliphatic hydroxyl groups excluding tert-OH is 1. The summed E-state index contributed by atoms with van der Waals surface area (Å²) in [5.41, 5.74) is 0.0287. The van der Waals surface area contributed by atoms with Crippen molar-refractivity contribution >= 4 is 0 Å². The Bertz CT molecular complexity index is 955. The molecule has 0 aromatic carbocycles. The van der Waals surface area contributed by atoms with E-state index in [1.807, 2.05) is 0 Å². The molecule has 4 saturated carbocycles. The summed E-state index contributed by atoms with van der Waals surface area (Å²) < 4.78 is 19.4. The van der Waals surface area contributed by atoms with E-state index >= 15 is 0 Å². The molecule has 4 fully saturated rings. The van der Waals surface area contributed by atoms with Crippen molar-refractivity contribution in [1.82, 2.24) is 0 Å². The summed E-state index contributed by atoms with van der Waals surface area (Å²) in [5.74, 6) is 4.84. The summed E-state index contributed by atoms with van der Waals surface area (Å²) in [6, 6.07) is 2.26. The molecule has 4 aliphatic rings. The zero-order valence-corrected chi connectivity index (χ0v) is 24.9. The van der Waals surface area contributed by atoms with Crippen molar-refractivity contribution < 1.29 is 19.3 Å². The lowest BCUT2D eigenvalue weighted by molar-refractivity contribution is -0.150. The van der Waals surface area contributed by atoms with Crippen LogP contribution in [0.25, 0.3) is 9.69 Å². The Morgan fingerprint density at radius 2 is 1.77 bits per heavy atom. The van der Waals surface area contributed by atoms with Gasteiger partial charge in [0.2, 0.25) is 13.1 Å². The molecule has 0 aromatic heterocycles. The van der Waals surface area contributed by atoms with Gasteiger partial charge >= 0.3 is 0 Å². The Hall–Kier alpha value is -1.69. The predicted molar refractivity (Wildman–Crippen MR) is 153 cm³/mol. The minimum Gasteiger partial charge on any atom is -0.396 e. The first-order valence-corrected chi connectivity index (χ1v) is 15.6. The van der Waals surface area contributed by atoms with Gasteiger partial charge in [0.05, 0.1) is 37.4 Å². The van der Waals surface area contributed by atoms with E-state index in [1.54, 1.807) is 5.92 Å². The van der Waals surface area contributed by atoms with E-state index in [9.17, 15) is 10.4 Å². The van der Waals surface area contributed by atoms with Gasteiger partial charge in [-0.15, -0.1) is 0 Å². The predicted octanol–water partition coefficient (Wildman–Crippen LogP) is 6.10. The quantitative estimate of drug-likeness (QED) is 0.221. The van der Waals surface area contributed by atoms with E-state index in [2.05, 4.69) is 36.5 Å². The van der Waals surface area contributed by atoms with Gasteiger partial charge in [-0.2, -0.15) is 5.26 Å². The molecule has 0 aromatic rings. The van der Waals surface area contributed by atoms with Crippen LogP contribution in [0.2, 0.25) is 0 Å². The van der Waals surface area contributed by atoms with E-state index in [0.29, 0.717) is 63.0 Å². The average molecular weight is 552 g/mol. The topological polar surface area (TPSA) is 80.4 Å². The third-order valence-electron chi connectivity index (χ3n) is 11.2. The van der Waals surface area contributed by atoms with Crippen molar-refractivity contribution in [2.24, 2.45) is 34.5 Å². The van der Waals surface area contributed by atoms with Gasteiger partial charge in [0, 0.05) is 17.9 Å². The number of rotatable bonds is 13. The number of ether oxygens (including phenoxy) is 3. The number of nitrogens with zero attached hydrogens (tertiary/aromatic N) is 3. The van der Waals surface area contributed by atoms with Gasteiger partial charge in [0.25, 0.3) is 0 Å². The Kier molecular flexibility index (Phi) is 10.9. The first kappa shape index (κ1) is 31.3. The third kappa shape index (κ3) is 6.08. The number of hydrogen-bond acceptors (Lipinski definition) is 5. The maximum Gasteiger partial charge on any atom is 0.237 e. The van der Waals surface area contributed by atoms with E-state index in [4.69, 9.17) is 27.4 Å². The highest BCUT2D eigenvalue weighted by molar-refractivity contribution is 5.32. The minimum atomic E-state index is -0.0342. The molecule has 0 saturated heterocycles. The Balaban J connectivity index is 1.66. The molecule has 9 atom stereocenters. The Morgan fingerprint density at radius 1 is 1.02 bits per heavy atom. The second-order valence-corrected chi connectivity index (χ2v) is 13.1. The fraction of sp³-hybridized carbons (Fsp3) is 0.848. The molecule has 0 bridgehead atoms. The maximum atomic E-state index is 9.54. The van der Waals surface area contributed by atoms with Gasteiger partial charge in [-0.25, -0.2) is 13.1 Å². The molecule has 0 amide bonds. The summed E-state index contributed by atoms with van der Waals surface area (Å²) in [6.45, 7) is 24.1. The summed E-state index contributed by atoms with van der Waals surface area (Å²) in [7, 11) is 0. The van der Waals surface area contributed by atoms with E-state index in [0.717, 1.165) is 57.8 Å². The fourth-order valence-corrected chi connectivity index (χ4v) is 9.28. The number of fused-ring (bicyclic) bond motifs is 5. The van der Waals surface area contributed by atoms with E-state index < -0.39 is 0 Å². The lowest BCUT2D eigenvalue weighted by Gasteiger charge is -2.64. The summed E-state index contributed by atoms with van der Waals surface area (Å²) >= 11 is 0. The van der Waals surface area contributed by atoms with Crippen molar-refractivity contribution in [3.8, 4) is 6.07 Å². The van der Waals surface area contributed by atoms with Crippen molar-refractivity contribution in [3.05, 3.63) is 34.7 Å². The Labute approximate surface area is 242 Å². The van der Waals surface area contributed by atoms with Crippen LogP contribution in [0.1, 0.15) is 85.0 Å². The van der Waals surface area contributed by atoms with Crippen molar-refractivity contribution in [1.29, 1.82) is 5.26 Å². The number of hydrogen-bond donors (Lipinski definition) is 1.